The van der Waals surface area contributed by atoms with Gasteiger partial charge >= 0.3 is 0 Å². The van der Waals surface area contributed by atoms with Crippen molar-refractivity contribution in [1.82, 2.24) is 15.2 Å². The second-order valence-corrected chi connectivity index (χ2v) is 7.54. The summed E-state index contributed by atoms with van der Waals surface area (Å²) in [5.74, 6) is 0.0967. The Labute approximate surface area is 157 Å². The number of benzene rings is 1. The van der Waals surface area contributed by atoms with Gasteiger partial charge in [-0.25, -0.2) is 4.98 Å². The van der Waals surface area contributed by atoms with Gasteiger partial charge in [0.2, 0.25) is 5.91 Å². The minimum absolute atomic E-state index is 0.200. The average molecular weight is 368 g/mol. The van der Waals surface area contributed by atoms with Crippen LogP contribution in [0.15, 0.2) is 22.6 Å². The number of nitrogens with one attached hydrogen (secondary N) is 1. The molecule has 1 aliphatic heterocycles. The Bertz CT molecular complexity index is 889. The molecule has 2 heterocycles. The smallest absolute Gasteiger partial charge is 0.238 e. The lowest BCUT2D eigenvalue weighted by atomic mass is 10.2. The van der Waals surface area contributed by atoms with Crippen LogP contribution in [0.1, 0.15) is 18.7 Å². The zero-order valence-electron chi connectivity index (χ0n) is 15.4. The minimum Gasteiger partial charge on any atom is -0.441 e. The molecule has 1 saturated carbocycles. The van der Waals surface area contributed by atoms with Crippen LogP contribution in [-0.2, 0) is 11.2 Å². The average Bonchev–Trinajstić information content (AvgIpc) is 3.32. The number of nitrogens with two attached hydrogens (primary N) is 1. The van der Waals surface area contributed by atoms with Gasteiger partial charge in [0.25, 0.3) is 0 Å². The first-order valence-electron chi connectivity index (χ1n) is 9.30. The summed E-state index contributed by atoms with van der Waals surface area (Å²) in [4.78, 5) is 21.3. The molecule has 8 heteroatoms. The van der Waals surface area contributed by atoms with Gasteiger partial charge in [-0.15, -0.1) is 0 Å². The second-order valence-electron chi connectivity index (χ2n) is 7.54. The Morgan fingerprint density at radius 3 is 2.81 bits per heavy atom. The number of nitriles is 1. The Kier molecular flexibility index (Phi) is 4.50. The van der Waals surface area contributed by atoms with Crippen LogP contribution < -0.4 is 16.0 Å². The van der Waals surface area contributed by atoms with E-state index >= 15 is 0 Å². The standard InChI is InChI=1S/C19H24N6O2/c1-24-6-8-25(9-7-24)13-2-3-15-16(10-13)27-17(22-15)11-14(21)18(26)23-19(12-20)4-5-19/h2-3,10,14H,4-9,11,21H2,1H3,(H,23,26)/t14-/m0/s1. The molecule has 27 heavy (non-hydrogen) atoms. The van der Waals surface area contributed by atoms with Gasteiger partial charge in [-0.3, -0.25) is 4.79 Å². The molecule has 1 aromatic carbocycles. The highest BCUT2D eigenvalue weighted by atomic mass is 16.3. The van der Waals surface area contributed by atoms with Crippen molar-refractivity contribution in [2.24, 2.45) is 5.73 Å². The second kappa shape index (κ2) is 6.83. The lowest BCUT2D eigenvalue weighted by Gasteiger charge is -2.33. The van der Waals surface area contributed by atoms with E-state index in [4.69, 9.17) is 15.4 Å². The van der Waals surface area contributed by atoms with Crippen LogP contribution in [0.4, 0.5) is 5.69 Å². The maximum Gasteiger partial charge on any atom is 0.238 e. The summed E-state index contributed by atoms with van der Waals surface area (Å²) in [6, 6.07) is 7.33. The molecule has 0 radical (unpaired) electrons. The summed E-state index contributed by atoms with van der Waals surface area (Å²) in [5, 5.41) is 11.8. The molecule has 8 nitrogen and oxygen atoms in total. The first kappa shape index (κ1) is 17.8. The molecule has 3 N–H and O–H groups in total. The third kappa shape index (κ3) is 3.75. The monoisotopic (exact) mass is 368 g/mol. The number of anilines is 1. The fourth-order valence-electron chi connectivity index (χ4n) is 3.31. The number of aromatic nitrogens is 1. The number of rotatable bonds is 5. The summed E-state index contributed by atoms with van der Waals surface area (Å²) >= 11 is 0. The van der Waals surface area contributed by atoms with Crippen molar-refractivity contribution >= 4 is 22.7 Å². The van der Waals surface area contributed by atoms with E-state index in [1.807, 2.05) is 12.1 Å². The van der Waals surface area contributed by atoms with Gasteiger partial charge in [0, 0.05) is 44.4 Å². The van der Waals surface area contributed by atoms with Crippen molar-refractivity contribution < 1.29 is 9.21 Å². The molecule has 4 rings (SSSR count). The van der Waals surface area contributed by atoms with Crippen molar-refractivity contribution in [3.63, 3.8) is 0 Å². The number of piperazine rings is 1. The summed E-state index contributed by atoms with van der Waals surface area (Å²) in [5.41, 5.74) is 7.84. The predicted octanol–water partition coefficient (Wildman–Crippen LogP) is 0.622. The molecule has 142 valence electrons. The lowest BCUT2D eigenvalue weighted by molar-refractivity contribution is -0.123. The molecule has 1 aliphatic carbocycles. The molecule has 1 amide bonds. The number of hydrogen-bond acceptors (Lipinski definition) is 7. The molecule has 1 aromatic heterocycles. The number of amides is 1. The quantitative estimate of drug-likeness (QED) is 0.796. The first-order valence-corrected chi connectivity index (χ1v) is 9.30. The highest BCUT2D eigenvalue weighted by molar-refractivity contribution is 5.83. The van der Waals surface area contributed by atoms with Crippen LogP contribution in [0, 0.1) is 11.3 Å². The van der Waals surface area contributed by atoms with Gasteiger partial charge in [-0.1, -0.05) is 0 Å². The normalized spacial score (nSPS) is 20.3. The summed E-state index contributed by atoms with van der Waals surface area (Å²) in [6.07, 6.45) is 1.56. The van der Waals surface area contributed by atoms with Gasteiger partial charge in [0.1, 0.15) is 11.1 Å². The van der Waals surface area contributed by atoms with Crippen LogP contribution in [0.3, 0.4) is 0 Å². The number of carbonyl (C=O) groups is 1. The van der Waals surface area contributed by atoms with Crippen molar-refractivity contribution in [2.75, 3.05) is 38.1 Å². The van der Waals surface area contributed by atoms with Crippen LogP contribution in [0.25, 0.3) is 11.1 Å². The fourth-order valence-corrected chi connectivity index (χ4v) is 3.31. The van der Waals surface area contributed by atoms with E-state index in [0.29, 0.717) is 24.3 Å². The Morgan fingerprint density at radius 2 is 2.15 bits per heavy atom. The lowest BCUT2D eigenvalue weighted by Crippen LogP contribution is -2.47. The third-order valence-corrected chi connectivity index (χ3v) is 5.34. The fraction of sp³-hybridized carbons (Fsp3) is 0.526. The summed E-state index contributed by atoms with van der Waals surface area (Å²) < 4.78 is 5.84. The summed E-state index contributed by atoms with van der Waals surface area (Å²) in [6.45, 7) is 4.03. The van der Waals surface area contributed by atoms with E-state index in [-0.39, 0.29) is 12.3 Å². The van der Waals surface area contributed by atoms with Crippen molar-refractivity contribution in [3.8, 4) is 6.07 Å². The highest BCUT2D eigenvalue weighted by Crippen LogP contribution is 2.34. The van der Waals surface area contributed by atoms with E-state index in [0.717, 1.165) is 37.4 Å². The molecule has 1 atom stereocenters. The Balaban J connectivity index is 1.44. The third-order valence-electron chi connectivity index (χ3n) is 5.34. The number of fused-ring (bicyclic) bond motifs is 1. The van der Waals surface area contributed by atoms with Crippen LogP contribution in [0.5, 0.6) is 0 Å². The van der Waals surface area contributed by atoms with E-state index in [2.05, 4.69) is 39.3 Å². The largest absolute Gasteiger partial charge is 0.441 e. The number of oxazole rings is 1. The zero-order valence-corrected chi connectivity index (χ0v) is 15.4. The molecule has 0 bridgehead atoms. The van der Waals surface area contributed by atoms with Crippen molar-refractivity contribution in [2.45, 2.75) is 30.8 Å². The van der Waals surface area contributed by atoms with Gasteiger partial charge in [-0.2, -0.15) is 5.26 Å². The number of hydrogen-bond donors (Lipinski definition) is 2. The maximum absolute atomic E-state index is 12.2. The van der Waals surface area contributed by atoms with Crippen LogP contribution in [0.2, 0.25) is 0 Å². The molecule has 0 spiro atoms. The van der Waals surface area contributed by atoms with Crippen LogP contribution >= 0.6 is 0 Å². The number of carbonyl (C=O) groups excluding carboxylic acids is 1. The van der Waals surface area contributed by atoms with Crippen molar-refractivity contribution in [1.29, 1.82) is 5.26 Å². The number of nitrogens with zero attached hydrogens (tertiary/aromatic N) is 4. The summed E-state index contributed by atoms with van der Waals surface area (Å²) in [7, 11) is 2.13. The zero-order chi connectivity index (χ0) is 19.0. The van der Waals surface area contributed by atoms with E-state index in [1.165, 1.54) is 0 Å². The Hall–Kier alpha value is -2.63. The maximum atomic E-state index is 12.2. The van der Waals surface area contributed by atoms with Crippen LogP contribution in [-0.4, -0.2) is 60.6 Å². The van der Waals surface area contributed by atoms with Gasteiger partial charge in [0.15, 0.2) is 11.5 Å². The minimum atomic E-state index is -0.791. The Morgan fingerprint density at radius 1 is 1.41 bits per heavy atom. The molecular formula is C19H24N6O2. The number of likely N-dealkylation sites (N-methyl/N-ethyl adjacent to an activating group) is 1. The molecule has 2 aromatic rings. The SMILES string of the molecule is CN1CCN(c2ccc3nc(C[C@H](N)C(=O)NC4(C#N)CC4)oc3c2)CC1. The molecule has 0 unspecified atom stereocenters. The van der Waals surface area contributed by atoms with Gasteiger partial charge in [0.05, 0.1) is 12.1 Å². The first-order chi connectivity index (χ1) is 13.0. The highest BCUT2D eigenvalue weighted by Gasteiger charge is 2.45. The van der Waals surface area contributed by atoms with E-state index in [9.17, 15) is 4.79 Å². The van der Waals surface area contributed by atoms with E-state index in [1.54, 1.807) is 0 Å². The predicted molar refractivity (Wildman–Crippen MR) is 101 cm³/mol. The molecule has 2 aliphatic rings. The van der Waals surface area contributed by atoms with Gasteiger partial charge < -0.3 is 25.3 Å². The molecular weight excluding hydrogens is 344 g/mol. The molecule has 1 saturated heterocycles. The van der Waals surface area contributed by atoms with E-state index < -0.39 is 11.6 Å². The van der Waals surface area contributed by atoms with Crippen molar-refractivity contribution in [3.05, 3.63) is 24.1 Å². The molecule has 2 fully saturated rings. The van der Waals surface area contributed by atoms with Gasteiger partial charge in [-0.05, 0) is 32.0 Å². The topological polar surface area (TPSA) is 111 Å².